The van der Waals surface area contributed by atoms with Gasteiger partial charge in [-0.1, -0.05) is 27.7 Å². The molecule has 0 saturated heterocycles. The van der Waals surface area contributed by atoms with Gasteiger partial charge in [-0.15, -0.1) is 11.3 Å². The molecule has 1 saturated carbocycles. The van der Waals surface area contributed by atoms with Gasteiger partial charge in [0, 0.05) is 17.3 Å². The van der Waals surface area contributed by atoms with Crippen LogP contribution in [-0.4, -0.2) is 11.5 Å². The number of nitrogens with one attached hydrogen (secondary N) is 1. The van der Waals surface area contributed by atoms with Gasteiger partial charge in [0.25, 0.3) is 0 Å². The second-order valence-electron chi connectivity index (χ2n) is 5.81. The van der Waals surface area contributed by atoms with Crippen LogP contribution in [0.5, 0.6) is 0 Å². The maximum Gasteiger partial charge on any atom is 0.0962 e. The molecule has 0 bridgehead atoms. The lowest BCUT2D eigenvalue weighted by Gasteiger charge is -2.08. The van der Waals surface area contributed by atoms with Gasteiger partial charge in [-0.2, -0.15) is 0 Å². The molecule has 1 N–H and O–H groups in total. The fourth-order valence-corrected chi connectivity index (χ4v) is 3.30. The Morgan fingerprint density at radius 3 is 2.53 bits per heavy atom. The van der Waals surface area contributed by atoms with E-state index < -0.39 is 0 Å². The van der Waals surface area contributed by atoms with Crippen molar-refractivity contribution < 1.29 is 0 Å². The molecule has 1 heterocycles. The van der Waals surface area contributed by atoms with E-state index >= 15 is 0 Å². The van der Waals surface area contributed by atoms with Crippen molar-refractivity contribution >= 4 is 11.3 Å². The molecule has 1 aromatic rings. The Hall–Kier alpha value is -0.410. The van der Waals surface area contributed by atoms with Crippen LogP contribution in [0, 0.1) is 5.92 Å². The number of rotatable bonds is 6. The summed E-state index contributed by atoms with van der Waals surface area (Å²) in [6.07, 6.45) is 2.70. The van der Waals surface area contributed by atoms with E-state index in [1.807, 2.05) is 11.3 Å². The molecule has 0 unspecified atom stereocenters. The minimum Gasteiger partial charge on any atom is -0.312 e. The van der Waals surface area contributed by atoms with Crippen LogP contribution in [0.2, 0.25) is 0 Å². The van der Waals surface area contributed by atoms with Gasteiger partial charge >= 0.3 is 0 Å². The third-order valence-corrected chi connectivity index (χ3v) is 4.29. The third kappa shape index (κ3) is 3.52. The van der Waals surface area contributed by atoms with Gasteiger partial charge in [0.1, 0.15) is 0 Å². The zero-order valence-corrected chi connectivity index (χ0v) is 12.2. The van der Waals surface area contributed by atoms with Crippen molar-refractivity contribution in [2.75, 3.05) is 6.54 Å². The van der Waals surface area contributed by atoms with E-state index in [2.05, 4.69) is 33.0 Å². The Morgan fingerprint density at radius 1 is 1.29 bits per heavy atom. The van der Waals surface area contributed by atoms with Crippen LogP contribution >= 0.6 is 11.3 Å². The molecule has 0 aromatic carbocycles. The summed E-state index contributed by atoms with van der Waals surface area (Å²) in [5, 5.41) is 4.92. The van der Waals surface area contributed by atoms with E-state index in [-0.39, 0.29) is 0 Å². The molecule has 17 heavy (non-hydrogen) atoms. The first kappa shape index (κ1) is 13.0. The fraction of sp³-hybridized carbons (Fsp3) is 0.786. The van der Waals surface area contributed by atoms with Crippen LogP contribution < -0.4 is 5.32 Å². The molecule has 0 atom stereocenters. The average Bonchev–Trinajstić information content (AvgIpc) is 2.99. The smallest absolute Gasteiger partial charge is 0.0962 e. The van der Waals surface area contributed by atoms with Crippen molar-refractivity contribution in [3.05, 3.63) is 15.6 Å². The first-order valence-corrected chi connectivity index (χ1v) is 7.59. The Bertz CT molecular complexity index is 364. The summed E-state index contributed by atoms with van der Waals surface area (Å²) in [5.41, 5.74) is 1.33. The van der Waals surface area contributed by atoms with Crippen LogP contribution in [0.15, 0.2) is 0 Å². The quantitative estimate of drug-likeness (QED) is 0.831. The summed E-state index contributed by atoms with van der Waals surface area (Å²) in [7, 11) is 0. The lowest BCUT2D eigenvalue weighted by Crippen LogP contribution is -2.19. The van der Waals surface area contributed by atoms with Gasteiger partial charge in [0.2, 0.25) is 0 Å². The molecule has 1 aromatic heterocycles. The number of hydrogen-bond donors (Lipinski definition) is 1. The predicted octanol–water partition coefficient (Wildman–Crippen LogP) is 3.89. The molecule has 96 valence electrons. The highest BCUT2D eigenvalue weighted by Gasteiger charge is 2.28. The molecule has 1 aliphatic carbocycles. The highest BCUT2D eigenvalue weighted by Crippen LogP contribution is 2.43. The first-order chi connectivity index (χ1) is 8.08. The first-order valence-electron chi connectivity index (χ1n) is 6.78. The summed E-state index contributed by atoms with van der Waals surface area (Å²) in [5.74, 6) is 2.05. The topological polar surface area (TPSA) is 24.9 Å². The fourth-order valence-electron chi connectivity index (χ4n) is 1.94. The van der Waals surface area contributed by atoms with Crippen molar-refractivity contribution in [3.63, 3.8) is 0 Å². The van der Waals surface area contributed by atoms with Crippen molar-refractivity contribution in [2.45, 2.75) is 58.9 Å². The van der Waals surface area contributed by atoms with Gasteiger partial charge in [-0.25, -0.2) is 4.98 Å². The standard InChI is InChI=1S/C14H24N2S/c1-9(2)7-15-8-12-13(10(3)4)16-14(17-12)11-5-6-11/h9-11,15H,5-8H2,1-4H3. The molecule has 2 nitrogen and oxygen atoms in total. The molecule has 0 radical (unpaired) electrons. The second-order valence-corrected chi connectivity index (χ2v) is 6.93. The van der Waals surface area contributed by atoms with Crippen molar-refractivity contribution in [1.82, 2.24) is 10.3 Å². The van der Waals surface area contributed by atoms with Crippen molar-refractivity contribution in [1.29, 1.82) is 0 Å². The molecular weight excluding hydrogens is 228 g/mol. The maximum atomic E-state index is 4.85. The number of thiazole rings is 1. The van der Waals surface area contributed by atoms with Crippen LogP contribution in [0.4, 0.5) is 0 Å². The SMILES string of the molecule is CC(C)CNCc1sc(C2CC2)nc1C(C)C. The molecule has 1 fully saturated rings. The summed E-state index contributed by atoms with van der Waals surface area (Å²) in [6, 6.07) is 0. The van der Waals surface area contributed by atoms with Gasteiger partial charge in [0.05, 0.1) is 10.7 Å². The van der Waals surface area contributed by atoms with E-state index in [9.17, 15) is 0 Å². The Balaban J connectivity index is 2.02. The van der Waals surface area contributed by atoms with Crippen molar-refractivity contribution in [3.8, 4) is 0 Å². The average molecular weight is 252 g/mol. The van der Waals surface area contributed by atoms with Crippen LogP contribution in [0.1, 0.15) is 68.0 Å². The zero-order valence-electron chi connectivity index (χ0n) is 11.4. The van der Waals surface area contributed by atoms with E-state index in [4.69, 9.17) is 4.98 Å². The Kier molecular flexibility index (Phi) is 4.21. The molecule has 0 spiro atoms. The number of hydrogen-bond acceptors (Lipinski definition) is 3. The van der Waals surface area contributed by atoms with E-state index in [0.717, 1.165) is 19.0 Å². The molecule has 0 amide bonds. The summed E-state index contributed by atoms with van der Waals surface area (Å²) >= 11 is 1.94. The van der Waals surface area contributed by atoms with Gasteiger partial charge in [0.15, 0.2) is 0 Å². The number of aromatic nitrogens is 1. The minimum atomic E-state index is 0.551. The second kappa shape index (κ2) is 5.49. The number of nitrogens with zero attached hydrogens (tertiary/aromatic N) is 1. The highest BCUT2D eigenvalue weighted by molar-refractivity contribution is 7.11. The van der Waals surface area contributed by atoms with E-state index in [1.165, 1.54) is 28.4 Å². The van der Waals surface area contributed by atoms with E-state index in [0.29, 0.717) is 11.8 Å². The Morgan fingerprint density at radius 2 is 2.00 bits per heavy atom. The van der Waals surface area contributed by atoms with Crippen LogP contribution in [0.25, 0.3) is 0 Å². The third-order valence-electron chi connectivity index (χ3n) is 3.06. The van der Waals surface area contributed by atoms with Gasteiger partial charge < -0.3 is 5.32 Å². The lowest BCUT2D eigenvalue weighted by atomic mass is 10.1. The lowest BCUT2D eigenvalue weighted by molar-refractivity contribution is 0.552. The molecule has 3 heteroatoms. The predicted molar refractivity (Wildman–Crippen MR) is 74.7 cm³/mol. The highest BCUT2D eigenvalue weighted by atomic mass is 32.1. The molecular formula is C14H24N2S. The van der Waals surface area contributed by atoms with Gasteiger partial charge in [-0.05, 0) is 31.2 Å². The molecule has 0 aliphatic heterocycles. The van der Waals surface area contributed by atoms with E-state index in [1.54, 1.807) is 0 Å². The monoisotopic (exact) mass is 252 g/mol. The van der Waals surface area contributed by atoms with Crippen LogP contribution in [0.3, 0.4) is 0 Å². The largest absolute Gasteiger partial charge is 0.312 e. The van der Waals surface area contributed by atoms with Crippen molar-refractivity contribution in [2.24, 2.45) is 5.92 Å². The molecule has 2 rings (SSSR count). The van der Waals surface area contributed by atoms with Crippen LogP contribution in [-0.2, 0) is 6.54 Å². The summed E-state index contributed by atoms with van der Waals surface area (Å²) < 4.78 is 0. The zero-order chi connectivity index (χ0) is 12.4. The van der Waals surface area contributed by atoms with Gasteiger partial charge in [-0.3, -0.25) is 0 Å². The Labute approximate surface area is 109 Å². The maximum absolute atomic E-state index is 4.85. The molecule has 1 aliphatic rings. The summed E-state index contributed by atoms with van der Waals surface area (Å²) in [4.78, 5) is 6.31. The summed E-state index contributed by atoms with van der Waals surface area (Å²) in [6.45, 7) is 11.1. The normalized spacial score (nSPS) is 16.1. The minimum absolute atomic E-state index is 0.551.